The molecule has 0 heterocycles. The molecule has 3 fully saturated rings. The molecule has 3 rings (SSSR count). The van der Waals surface area contributed by atoms with Crippen molar-refractivity contribution in [1.82, 2.24) is 0 Å². The van der Waals surface area contributed by atoms with Gasteiger partial charge in [0.25, 0.3) is 5.92 Å². The van der Waals surface area contributed by atoms with Gasteiger partial charge >= 0.3 is 0 Å². The Morgan fingerprint density at radius 1 is 1.19 bits per heavy atom. The van der Waals surface area contributed by atoms with Crippen LogP contribution in [-0.2, 0) is 0 Å². The fraction of sp³-hybridized carbons (Fsp3) is 1.00. The molecule has 0 aromatic rings. The minimum absolute atomic E-state index is 0.0884. The lowest BCUT2D eigenvalue weighted by atomic mass is 9.95. The lowest BCUT2D eigenvalue weighted by Crippen LogP contribution is -2.03. The average molecular weight is 232 g/mol. The van der Waals surface area contributed by atoms with Crippen LogP contribution >= 0.6 is 0 Å². The van der Waals surface area contributed by atoms with E-state index >= 15 is 0 Å². The minimum atomic E-state index is -2.38. The van der Waals surface area contributed by atoms with Crippen molar-refractivity contribution in [3.8, 4) is 0 Å². The summed E-state index contributed by atoms with van der Waals surface area (Å²) in [6.07, 6.45) is 2.08. The predicted molar refractivity (Wildman–Crippen MR) is 56.1 cm³/mol. The summed E-state index contributed by atoms with van der Waals surface area (Å²) in [5, 5.41) is 0. The third kappa shape index (κ3) is 1.67. The first-order chi connectivity index (χ1) is 7.33. The normalized spacial score (nSPS) is 57.2. The highest BCUT2D eigenvalue weighted by Crippen LogP contribution is 2.66. The highest BCUT2D eigenvalue weighted by Gasteiger charge is 2.63. The zero-order valence-electron chi connectivity index (χ0n) is 9.85. The van der Waals surface area contributed by atoms with E-state index in [2.05, 4.69) is 6.92 Å². The van der Waals surface area contributed by atoms with Gasteiger partial charge in [-0.1, -0.05) is 13.8 Å². The van der Waals surface area contributed by atoms with E-state index in [1.54, 1.807) is 0 Å². The molecule has 0 amide bonds. The molecule has 0 saturated heterocycles. The standard InChI is InChI=1S/C13H19F3/c1-7-10(11(7)14)6-12(2)4-8(12)3-9-5-13(9,15)16/h7-11H,3-6H2,1-2H3/t7-,8?,9+,10?,11?,12-/m1/s1. The highest BCUT2D eigenvalue weighted by atomic mass is 19.3. The van der Waals surface area contributed by atoms with Crippen LogP contribution in [0.25, 0.3) is 0 Å². The SMILES string of the molecule is C[C@H]1C(F)C1C[C@@]1(C)CC1C[C@H]1CC1(F)F. The van der Waals surface area contributed by atoms with Crippen LogP contribution in [0, 0.1) is 29.1 Å². The van der Waals surface area contributed by atoms with Gasteiger partial charge in [0, 0.05) is 12.3 Å². The van der Waals surface area contributed by atoms with Crippen molar-refractivity contribution in [2.75, 3.05) is 0 Å². The summed E-state index contributed by atoms with van der Waals surface area (Å²) in [4.78, 5) is 0. The fourth-order valence-electron chi connectivity index (χ4n) is 3.32. The van der Waals surface area contributed by atoms with Gasteiger partial charge < -0.3 is 0 Å². The summed E-state index contributed by atoms with van der Waals surface area (Å²) in [6, 6.07) is 0. The Morgan fingerprint density at radius 2 is 1.75 bits per heavy atom. The molecule has 3 saturated carbocycles. The number of halogens is 3. The molecule has 3 unspecified atom stereocenters. The van der Waals surface area contributed by atoms with Crippen molar-refractivity contribution in [2.45, 2.75) is 51.6 Å². The Kier molecular flexibility index (Phi) is 2.02. The minimum Gasteiger partial charge on any atom is -0.247 e. The number of alkyl halides is 3. The second-order valence-corrected chi connectivity index (χ2v) is 6.62. The molecule has 92 valence electrons. The first kappa shape index (κ1) is 10.9. The third-order valence-electron chi connectivity index (χ3n) is 5.21. The number of rotatable bonds is 4. The van der Waals surface area contributed by atoms with Crippen LogP contribution in [0.1, 0.15) is 39.5 Å². The molecule has 0 aromatic carbocycles. The number of hydrogen-bond donors (Lipinski definition) is 0. The van der Waals surface area contributed by atoms with Gasteiger partial charge in [0.2, 0.25) is 0 Å². The summed E-state index contributed by atoms with van der Waals surface area (Å²) in [5.74, 6) is -1.88. The summed E-state index contributed by atoms with van der Waals surface area (Å²) in [7, 11) is 0. The molecule has 6 atom stereocenters. The molecule has 3 aliphatic carbocycles. The van der Waals surface area contributed by atoms with Crippen LogP contribution in [0.2, 0.25) is 0 Å². The first-order valence-electron chi connectivity index (χ1n) is 6.35. The number of hydrogen-bond acceptors (Lipinski definition) is 0. The van der Waals surface area contributed by atoms with E-state index < -0.39 is 12.1 Å². The molecular weight excluding hydrogens is 213 g/mol. The third-order valence-corrected chi connectivity index (χ3v) is 5.21. The predicted octanol–water partition coefficient (Wildman–Crippen LogP) is 4.05. The van der Waals surface area contributed by atoms with Gasteiger partial charge in [0.05, 0.1) is 0 Å². The van der Waals surface area contributed by atoms with Crippen LogP contribution in [-0.4, -0.2) is 12.1 Å². The maximum absolute atomic E-state index is 13.1. The van der Waals surface area contributed by atoms with Crippen molar-refractivity contribution < 1.29 is 13.2 Å². The zero-order valence-corrected chi connectivity index (χ0v) is 9.85. The maximum atomic E-state index is 13.1. The molecule has 0 N–H and O–H groups in total. The first-order valence-corrected chi connectivity index (χ1v) is 6.35. The van der Waals surface area contributed by atoms with Crippen molar-refractivity contribution in [3.63, 3.8) is 0 Å². The van der Waals surface area contributed by atoms with Gasteiger partial charge in [-0.3, -0.25) is 0 Å². The largest absolute Gasteiger partial charge is 0.251 e. The molecule has 0 nitrogen and oxygen atoms in total. The van der Waals surface area contributed by atoms with Crippen LogP contribution < -0.4 is 0 Å². The Morgan fingerprint density at radius 3 is 2.19 bits per heavy atom. The van der Waals surface area contributed by atoms with Gasteiger partial charge in [-0.25, -0.2) is 13.2 Å². The average Bonchev–Trinajstić information content (AvgIpc) is 3.07. The smallest absolute Gasteiger partial charge is 0.247 e. The van der Waals surface area contributed by atoms with Crippen LogP contribution in [0.5, 0.6) is 0 Å². The van der Waals surface area contributed by atoms with Gasteiger partial charge in [0.1, 0.15) is 6.17 Å². The summed E-state index contributed by atoms with van der Waals surface area (Å²) in [5.41, 5.74) is 0.179. The van der Waals surface area contributed by atoms with E-state index in [9.17, 15) is 13.2 Å². The Balaban J connectivity index is 1.47. The topological polar surface area (TPSA) is 0 Å². The van der Waals surface area contributed by atoms with Crippen LogP contribution in [0.3, 0.4) is 0 Å². The molecule has 0 radical (unpaired) electrons. The van der Waals surface area contributed by atoms with Crippen LogP contribution in [0.4, 0.5) is 13.2 Å². The van der Waals surface area contributed by atoms with E-state index in [0.29, 0.717) is 12.3 Å². The Hall–Kier alpha value is -0.210. The van der Waals surface area contributed by atoms with Crippen molar-refractivity contribution >= 4 is 0 Å². The van der Waals surface area contributed by atoms with Crippen molar-refractivity contribution in [1.29, 1.82) is 0 Å². The molecule has 16 heavy (non-hydrogen) atoms. The second-order valence-electron chi connectivity index (χ2n) is 6.62. The van der Waals surface area contributed by atoms with Gasteiger partial charge in [-0.15, -0.1) is 0 Å². The molecule has 3 heteroatoms. The second kappa shape index (κ2) is 2.97. The van der Waals surface area contributed by atoms with Crippen molar-refractivity contribution in [3.05, 3.63) is 0 Å². The molecule has 3 aliphatic rings. The van der Waals surface area contributed by atoms with Gasteiger partial charge in [0.15, 0.2) is 0 Å². The summed E-state index contributed by atoms with van der Waals surface area (Å²) in [6.45, 7) is 4.10. The highest BCUT2D eigenvalue weighted by molar-refractivity contribution is 5.09. The van der Waals surface area contributed by atoms with E-state index in [4.69, 9.17) is 0 Å². The van der Waals surface area contributed by atoms with E-state index in [1.165, 1.54) is 0 Å². The quantitative estimate of drug-likeness (QED) is 0.686. The van der Waals surface area contributed by atoms with Crippen molar-refractivity contribution in [2.24, 2.45) is 29.1 Å². The molecule has 0 spiro atoms. The lowest BCUT2D eigenvalue weighted by molar-refractivity contribution is 0.0946. The lowest BCUT2D eigenvalue weighted by Gasteiger charge is -2.10. The monoisotopic (exact) mass is 232 g/mol. The zero-order chi connectivity index (χ0) is 11.7. The van der Waals surface area contributed by atoms with E-state index in [1.807, 2.05) is 6.92 Å². The van der Waals surface area contributed by atoms with Gasteiger partial charge in [-0.05, 0) is 42.4 Å². The maximum Gasteiger partial charge on any atom is 0.251 e. The molecule has 0 aromatic heterocycles. The fourth-order valence-corrected chi connectivity index (χ4v) is 3.32. The van der Waals surface area contributed by atoms with Gasteiger partial charge in [-0.2, -0.15) is 0 Å². The Bertz CT molecular complexity index is 306. The van der Waals surface area contributed by atoms with E-state index in [-0.39, 0.29) is 29.6 Å². The molecule has 0 bridgehead atoms. The summed E-state index contributed by atoms with van der Waals surface area (Å²) >= 11 is 0. The van der Waals surface area contributed by atoms with Crippen LogP contribution in [0.15, 0.2) is 0 Å². The van der Waals surface area contributed by atoms with E-state index in [0.717, 1.165) is 12.8 Å². The Labute approximate surface area is 94.6 Å². The molecular formula is C13H19F3. The summed E-state index contributed by atoms with van der Waals surface area (Å²) < 4.78 is 38.7. The molecule has 0 aliphatic heterocycles.